The lowest BCUT2D eigenvalue weighted by molar-refractivity contribution is 0.262. The standard InChI is InChI=1S/C22H21N5O2/c1-22(2,3)15-8-10-25-20(12-15)27-21(28)26-16-4-6-18(7-5-16)29-19-9-11-24-17(13-19)14-23/h4-13H,1-3H3,(H2,25,26,27,28). The normalized spacial score (nSPS) is 10.7. The van der Waals surface area contributed by atoms with Gasteiger partial charge in [0.15, 0.2) is 0 Å². The first-order valence-corrected chi connectivity index (χ1v) is 9.02. The van der Waals surface area contributed by atoms with Crippen LogP contribution in [-0.4, -0.2) is 16.0 Å². The number of pyridine rings is 2. The highest BCUT2D eigenvalue weighted by Crippen LogP contribution is 2.24. The molecule has 0 unspecified atom stereocenters. The molecule has 3 aromatic rings. The van der Waals surface area contributed by atoms with Crippen LogP contribution in [-0.2, 0) is 5.41 Å². The summed E-state index contributed by atoms with van der Waals surface area (Å²) in [5.41, 5.74) is 1.94. The van der Waals surface area contributed by atoms with Gasteiger partial charge >= 0.3 is 6.03 Å². The number of benzene rings is 1. The number of aromatic nitrogens is 2. The molecule has 0 bridgehead atoms. The number of nitrogens with one attached hydrogen (secondary N) is 2. The van der Waals surface area contributed by atoms with Crippen LogP contribution in [0.5, 0.6) is 11.5 Å². The molecule has 0 atom stereocenters. The van der Waals surface area contributed by atoms with Crippen LogP contribution in [0.2, 0.25) is 0 Å². The number of ether oxygens (including phenoxy) is 1. The van der Waals surface area contributed by atoms with Crippen LogP contribution in [0.4, 0.5) is 16.3 Å². The molecule has 2 heterocycles. The van der Waals surface area contributed by atoms with Crippen LogP contribution in [0.3, 0.4) is 0 Å². The Balaban J connectivity index is 1.61. The van der Waals surface area contributed by atoms with Gasteiger partial charge in [-0.1, -0.05) is 20.8 Å². The van der Waals surface area contributed by atoms with Crippen LogP contribution in [0.1, 0.15) is 32.0 Å². The minimum Gasteiger partial charge on any atom is -0.457 e. The van der Waals surface area contributed by atoms with Gasteiger partial charge in [-0.2, -0.15) is 5.26 Å². The first kappa shape index (κ1) is 19.8. The number of amides is 2. The van der Waals surface area contributed by atoms with Crippen LogP contribution < -0.4 is 15.4 Å². The number of urea groups is 1. The van der Waals surface area contributed by atoms with Crippen molar-refractivity contribution in [2.45, 2.75) is 26.2 Å². The molecule has 0 saturated heterocycles. The number of hydrogen-bond donors (Lipinski definition) is 2. The fourth-order valence-electron chi connectivity index (χ4n) is 2.52. The maximum atomic E-state index is 12.3. The third-order valence-corrected chi connectivity index (χ3v) is 4.06. The molecule has 2 aromatic heterocycles. The molecule has 0 fully saturated rings. The highest BCUT2D eigenvalue weighted by Gasteiger charge is 2.14. The van der Waals surface area contributed by atoms with E-state index in [4.69, 9.17) is 10.00 Å². The van der Waals surface area contributed by atoms with Gasteiger partial charge in [0.25, 0.3) is 0 Å². The minimum absolute atomic E-state index is 0.0332. The fourth-order valence-corrected chi connectivity index (χ4v) is 2.52. The molecule has 2 N–H and O–H groups in total. The molecular formula is C22H21N5O2. The fraction of sp³-hybridized carbons (Fsp3) is 0.182. The van der Waals surface area contributed by atoms with E-state index in [0.717, 1.165) is 5.56 Å². The topological polar surface area (TPSA) is 99.9 Å². The number of carbonyl (C=O) groups excluding carboxylic acids is 1. The molecule has 0 aliphatic carbocycles. The zero-order chi connectivity index (χ0) is 20.9. The van der Waals surface area contributed by atoms with Crippen LogP contribution >= 0.6 is 0 Å². The first-order valence-electron chi connectivity index (χ1n) is 9.02. The lowest BCUT2D eigenvalue weighted by Crippen LogP contribution is -2.21. The number of carbonyl (C=O) groups is 1. The lowest BCUT2D eigenvalue weighted by atomic mass is 9.88. The SMILES string of the molecule is CC(C)(C)c1ccnc(NC(=O)Nc2ccc(Oc3ccnc(C#N)c3)cc2)c1. The summed E-state index contributed by atoms with van der Waals surface area (Å²) in [4.78, 5) is 20.3. The Morgan fingerprint density at radius 2 is 1.69 bits per heavy atom. The second kappa shape index (κ2) is 8.40. The van der Waals surface area contributed by atoms with Gasteiger partial charge in [0, 0.05) is 24.1 Å². The highest BCUT2D eigenvalue weighted by atomic mass is 16.5. The summed E-state index contributed by atoms with van der Waals surface area (Å²) in [6.07, 6.45) is 3.19. The second-order valence-corrected chi connectivity index (χ2v) is 7.37. The van der Waals surface area contributed by atoms with Gasteiger partial charge in [0.05, 0.1) is 0 Å². The lowest BCUT2D eigenvalue weighted by Gasteiger charge is -2.19. The Hall–Kier alpha value is -3.92. The van der Waals surface area contributed by atoms with Crippen molar-refractivity contribution < 1.29 is 9.53 Å². The summed E-state index contributed by atoms with van der Waals surface area (Å²) in [5.74, 6) is 1.58. The Labute approximate surface area is 169 Å². The largest absolute Gasteiger partial charge is 0.457 e. The Morgan fingerprint density at radius 1 is 0.966 bits per heavy atom. The van der Waals surface area contributed by atoms with Crippen molar-refractivity contribution in [1.82, 2.24) is 9.97 Å². The van der Waals surface area contributed by atoms with Crippen molar-refractivity contribution in [3.05, 3.63) is 72.2 Å². The van der Waals surface area contributed by atoms with E-state index in [-0.39, 0.29) is 17.1 Å². The molecular weight excluding hydrogens is 366 g/mol. The molecule has 29 heavy (non-hydrogen) atoms. The molecule has 0 radical (unpaired) electrons. The molecule has 0 aliphatic rings. The zero-order valence-corrected chi connectivity index (χ0v) is 16.4. The van der Waals surface area contributed by atoms with Gasteiger partial charge in [-0.05, 0) is 53.4 Å². The molecule has 0 aliphatic heterocycles. The Bertz CT molecular complexity index is 1050. The smallest absolute Gasteiger partial charge is 0.324 e. The van der Waals surface area contributed by atoms with Crippen LogP contribution in [0.15, 0.2) is 60.9 Å². The average molecular weight is 387 g/mol. The van der Waals surface area contributed by atoms with Crippen LogP contribution in [0.25, 0.3) is 0 Å². The summed E-state index contributed by atoms with van der Waals surface area (Å²) in [6.45, 7) is 6.30. The number of rotatable bonds is 4. The van der Waals surface area contributed by atoms with E-state index in [2.05, 4.69) is 41.4 Å². The zero-order valence-electron chi connectivity index (χ0n) is 16.4. The van der Waals surface area contributed by atoms with E-state index in [0.29, 0.717) is 23.0 Å². The van der Waals surface area contributed by atoms with Gasteiger partial charge in [0.1, 0.15) is 29.1 Å². The van der Waals surface area contributed by atoms with Crippen molar-refractivity contribution in [3.63, 3.8) is 0 Å². The number of hydrogen-bond acceptors (Lipinski definition) is 5. The van der Waals surface area contributed by atoms with Gasteiger partial charge in [0.2, 0.25) is 0 Å². The minimum atomic E-state index is -0.384. The Morgan fingerprint density at radius 3 is 2.38 bits per heavy atom. The van der Waals surface area contributed by atoms with E-state index >= 15 is 0 Å². The molecule has 3 rings (SSSR count). The molecule has 7 nitrogen and oxygen atoms in total. The van der Waals surface area contributed by atoms with Crippen molar-refractivity contribution in [2.24, 2.45) is 0 Å². The molecule has 146 valence electrons. The molecule has 0 spiro atoms. The number of anilines is 2. The van der Waals surface area contributed by atoms with Gasteiger partial charge in [-0.25, -0.2) is 14.8 Å². The predicted molar refractivity (Wildman–Crippen MR) is 111 cm³/mol. The van der Waals surface area contributed by atoms with E-state index < -0.39 is 0 Å². The highest BCUT2D eigenvalue weighted by molar-refractivity contribution is 5.99. The van der Waals surface area contributed by atoms with Crippen LogP contribution in [0, 0.1) is 11.3 Å². The summed E-state index contributed by atoms with van der Waals surface area (Å²) < 4.78 is 5.69. The maximum absolute atomic E-state index is 12.3. The Kier molecular flexibility index (Phi) is 5.74. The van der Waals surface area contributed by atoms with E-state index in [1.807, 2.05) is 18.2 Å². The van der Waals surface area contributed by atoms with Gasteiger partial charge in [-0.3, -0.25) is 5.32 Å². The van der Waals surface area contributed by atoms with Crippen molar-refractivity contribution in [3.8, 4) is 17.6 Å². The first-order chi connectivity index (χ1) is 13.8. The van der Waals surface area contributed by atoms with Crippen molar-refractivity contribution in [1.29, 1.82) is 5.26 Å². The molecule has 2 amide bonds. The van der Waals surface area contributed by atoms with Crippen molar-refractivity contribution in [2.75, 3.05) is 10.6 Å². The maximum Gasteiger partial charge on any atom is 0.324 e. The van der Waals surface area contributed by atoms with E-state index in [9.17, 15) is 4.79 Å². The van der Waals surface area contributed by atoms with E-state index in [1.165, 1.54) is 6.20 Å². The summed E-state index contributed by atoms with van der Waals surface area (Å²) >= 11 is 0. The quantitative estimate of drug-likeness (QED) is 0.650. The molecule has 1 aromatic carbocycles. The predicted octanol–water partition coefficient (Wildman–Crippen LogP) is 5.08. The summed E-state index contributed by atoms with van der Waals surface area (Å²) in [7, 11) is 0. The molecule has 7 heteroatoms. The summed E-state index contributed by atoms with van der Waals surface area (Å²) in [6, 6.07) is 15.5. The molecule has 0 saturated carbocycles. The van der Waals surface area contributed by atoms with E-state index in [1.54, 1.807) is 42.6 Å². The third kappa shape index (κ3) is 5.53. The van der Waals surface area contributed by atoms with Crippen molar-refractivity contribution >= 4 is 17.5 Å². The number of nitriles is 1. The third-order valence-electron chi connectivity index (χ3n) is 4.06. The second-order valence-electron chi connectivity index (χ2n) is 7.37. The van der Waals surface area contributed by atoms with Gasteiger partial charge in [-0.15, -0.1) is 0 Å². The monoisotopic (exact) mass is 387 g/mol. The number of nitrogens with zero attached hydrogens (tertiary/aromatic N) is 3. The average Bonchev–Trinajstić information content (AvgIpc) is 2.69. The summed E-state index contributed by atoms with van der Waals surface area (Å²) in [5, 5.41) is 14.4. The van der Waals surface area contributed by atoms with Gasteiger partial charge < -0.3 is 10.1 Å².